The molecule has 0 aromatic rings. The van der Waals surface area contributed by atoms with Crippen LogP contribution >= 0.6 is 0 Å². The van der Waals surface area contributed by atoms with E-state index in [9.17, 15) is 18.0 Å². The Morgan fingerprint density at radius 1 is 1.47 bits per heavy atom. The predicted octanol–water partition coefficient (Wildman–Crippen LogP) is -1.85. The molecule has 0 aliphatic heterocycles. The van der Waals surface area contributed by atoms with Crippen LogP contribution in [0.2, 0.25) is 0 Å². The lowest BCUT2D eigenvalue weighted by atomic mass is 10.3. The largest absolute Gasteiger partial charge is 0.394 e. The zero-order valence-electron chi connectivity index (χ0n) is 7.80. The summed E-state index contributed by atoms with van der Waals surface area (Å²) >= 11 is 0. The molecule has 0 spiro atoms. The van der Waals surface area contributed by atoms with Gasteiger partial charge in [-0.3, -0.25) is 13.8 Å². The molecule has 0 fully saturated rings. The van der Waals surface area contributed by atoms with Crippen LogP contribution in [0.3, 0.4) is 0 Å². The quantitative estimate of drug-likeness (QED) is 0.379. The van der Waals surface area contributed by atoms with Gasteiger partial charge < -0.3 is 5.11 Å². The van der Waals surface area contributed by atoms with Crippen LogP contribution in [0.15, 0.2) is 12.7 Å². The SMILES string of the molecule is C=CC(=O)C(=O)CNS(=O)(=O)OCCO. The number of aliphatic hydroxyl groups excluding tert-OH is 1. The number of Topliss-reactive ketones (excluding diaryl/α,β-unsaturated/α-hetero) is 1. The van der Waals surface area contributed by atoms with E-state index in [4.69, 9.17) is 5.11 Å². The van der Waals surface area contributed by atoms with Gasteiger partial charge in [0.15, 0.2) is 0 Å². The first-order valence-corrected chi connectivity index (χ1v) is 5.28. The summed E-state index contributed by atoms with van der Waals surface area (Å²) in [7, 11) is -4.10. The Hall–Kier alpha value is -1.09. The van der Waals surface area contributed by atoms with Crippen LogP contribution in [-0.2, 0) is 24.1 Å². The molecule has 0 atom stereocenters. The summed E-state index contributed by atoms with van der Waals surface area (Å²) in [5, 5.41) is 8.28. The number of hydrogen-bond acceptors (Lipinski definition) is 6. The molecule has 0 heterocycles. The van der Waals surface area contributed by atoms with Crippen molar-refractivity contribution >= 4 is 21.9 Å². The van der Waals surface area contributed by atoms with Gasteiger partial charge in [0.1, 0.15) is 0 Å². The fourth-order valence-corrected chi connectivity index (χ4v) is 1.23. The lowest BCUT2D eigenvalue weighted by Crippen LogP contribution is -2.34. The number of carbonyl (C=O) groups is 2. The summed E-state index contributed by atoms with van der Waals surface area (Å²) in [5.41, 5.74) is 0. The Morgan fingerprint density at radius 2 is 2.07 bits per heavy atom. The number of aliphatic hydroxyl groups is 1. The second-order valence-corrected chi connectivity index (χ2v) is 3.74. The van der Waals surface area contributed by atoms with Crippen LogP contribution < -0.4 is 4.72 Å². The van der Waals surface area contributed by atoms with Crippen molar-refractivity contribution in [2.75, 3.05) is 19.8 Å². The van der Waals surface area contributed by atoms with Gasteiger partial charge in [-0.15, -0.1) is 0 Å². The topological polar surface area (TPSA) is 110 Å². The average Bonchev–Trinajstić information content (AvgIpc) is 2.22. The smallest absolute Gasteiger partial charge is 0.336 e. The van der Waals surface area contributed by atoms with E-state index in [1.54, 1.807) is 4.72 Å². The molecule has 0 aliphatic carbocycles. The van der Waals surface area contributed by atoms with E-state index in [2.05, 4.69) is 10.8 Å². The van der Waals surface area contributed by atoms with Crippen molar-refractivity contribution in [1.82, 2.24) is 4.72 Å². The van der Waals surface area contributed by atoms with E-state index in [1.165, 1.54) is 0 Å². The molecule has 0 aromatic carbocycles. The van der Waals surface area contributed by atoms with E-state index in [0.717, 1.165) is 6.08 Å². The molecule has 2 N–H and O–H groups in total. The Labute approximate surface area is 87.0 Å². The normalized spacial score (nSPS) is 11.0. The Morgan fingerprint density at radius 3 is 2.53 bits per heavy atom. The molecule has 0 aliphatic rings. The van der Waals surface area contributed by atoms with Gasteiger partial charge in [0.05, 0.1) is 19.8 Å². The Bertz CT molecular complexity index is 346. The first-order valence-electron chi connectivity index (χ1n) is 3.87. The molecule has 0 unspecified atom stereocenters. The molecule has 86 valence electrons. The summed E-state index contributed by atoms with van der Waals surface area (Å²) in [6.45, 7) is 1.48. The molecule has 7 nitrogen and oxygen atoms in total. The summed E-state index contributed by atoms with van der Waals surface area (Å²) < 4.78 is 27.6. The van der Waals surface area contributed by atoms with E-state index in [-0.39, 0.29) is 0 Å². The maximum absolute atomic E-state index is 10.9. The number of allylic oxidation sites excluding steroid dienone is 1. The van der Waals surface area contributed by atoms with Crippen LogP contribution in [-0.4, -0.2) is 44.8 Å². The third-order valence-electron chi connectivity index (χ3n) is 1.20. The molecule has 0 radical (unpaired) electrons. The van der Waals surface area contributed by atoms with Gasteiger partial charge in [0, 0.05) is 0 Å². The molecule has 0 bridgehead atoms. The van der Waals surface area contributed by atoms with Gasteiger partial charge >= 0.3 is 10.3 Å². The fraction of sp³-hybridized carbons (Fsp3) is 0.429. The van der Waals surface area contributed by atoms with Crippen molar-refractivity contribution in [3.63, 3.8) is 0 Å². The maximum atomic E-state index is 10.9. The summed E-state index contributed by atoms with van der Waals surface area (Å²) in [5.74, 6) is -1.83. The average molecular weight is 237 g/mol. The summed E-state index contributed by atoms with van der Waals surface area (Å²) in [6, 6.07) is 0. The number of rotatable bonds is 8. The molecule has 0 rings (SSSR count). The first kappa shape index (κ1) is 13.9. The molecular formula is C7H11NO6S. The van der Waals surface area contributed by atoms with Crippen molar-refractivity contribution in [2.24, 2.45) is 0 Å². The highest BCUT2D eigenvalue weighted by molar-refractivity contribution is 7.84. The minimum atomic E-state index is -4.10. The van der Waals surface area contributed by atoms with Crippen LogP contribution in [0, 0.1) is 0 Å². The lowest BCUT2D eigenvalue weighted by Gasteiger charge is -2.03. The first-order chi connectivity index (χ1) is 6.93. The second-order valence-electron chi connectivity index (χ2n) is 2.31. The molecule has 0 aromatic heterocycles. The monoisotopic (exact) mass is 237 g/mol. The van der Waals surface area contributed by atoms with E-state index in [1.807, 2.05) is 0 Å². The number of hydrogen-bond donors (Lipinski definition) is 2. The van der Waals surface area contributed by atoms with Gasteiger partial charge in [-0.05, 0) is 6.08 Å². The molecular weight excluding hydrogens is 226 g/mol. The lowest BCUT2D eigenvalue weighted by molar-refractivity contribution is -0.133. The van der Waals surface area contributed by atoms with Gasteiger partial charge in [0.25, 0.3) is 0 Å². The van der Waals surface area contributed by atoms with E-state index in [0.29, 0.717) is 0 Å². The highest BCUT2D eigenvalue weighted by Crippen LogP contribution is 1.87. The number of carbonyl (C=O) groups excluding carboxylic acids is 2. The molecule has 0 saturated carbocycles. The minimum Gasteiger partial charge on any atom is -0.394 e. The van der Waals surface area contributed by atoms with Gasteiger partial charge in [-0.25, -0.2) is 0 Å². The van der Waals surface area contributed by atoms with Crippen molar-refractivity contribution in [3.05, 3.63) is 12.7 Å². The van der Waals surface area contributed by atoms with Gasteiger partial charge in [-0.1, -0.05) is 6.58 Å². The fourth-order valence-electron chi connectivity index (χ4n) is 0.544. The molecule has 0 saturated heterocycles. The number of ketones is 2. The zero-order valence-corrected chi connectivity index (χ0v) is 8.62. The minimum absolute atomic E-state index is 0.418. The standard InChI is InChI=1S/C7H11NO6S/c1-2-6(10)7(11)5-8-15(12,13)14-4-3-9/h2,8-9H,1,3-5H2. The van der Waals surface area contributed by atoms with E-state index < -0.39 is 41.6 Å². The highest BCUT2D eigenvalue weighted by Gasteiger charge is 2.15. The molecule has 15 heavy (non-hydrogen) atoms. The van der Waals surface area contributed by atoms with Crippen molar-refractivity contribution in [3.8, 4) is 0 Å². The Kier molecular flexibility index (Phi) is 5.94. The van der Waals surface area contributed by atoms with Gasteiger partial charge in [-0.2, -0.15) is 13.1 Å². The maximum Gasteiger partial charge on any atom is 0.336 e. The third-order valence-corrected chi connectivity index (χ3v) is 2.17. The zero-order chi connectivity index (χ0) is 11.9. The molecule has 8 heteroatoms. The van der Waals surface area contributed by atoms with Crippen molar-refractivity contribution in [1.29, 1.82) is 0 Å². The summed E-state index contributed by atoms with van der Waals surface area (Å²) in [4.78, 5) is 21.5. The highest BCUT2D eigenvalue weighted by atomic mass is 32.2. The van der Waals surface area contributed by atoms with Crippen LogP contribution in [0.25, 0.3) is 0 Å². The Balaban J connectivity index is 4.10. The van der Waals surface area contributed by atoms with Crippen molar-refractivity contribution < 1.29 is 27.3 Å². The third kappa shape index (κ3) is 6.07. The van der Waals surface area contributed by atoms with E-state index >= 15 is 0 Å². The summed E-state index contributed by atoms with van der Waals surface area (Å²) in [6.07, 6.45) is 0.783. The van der Waals surface area contributed by atoms with Crippen molar-refractivity contribution in [2.45, 2.75) is 0 Å². The van der Waals surface area contributed by atoms with Gasteiger partial charge in [0.2, 0.25) is 11.6 Å². The van der Waals surface area contributed by atoms with Crippen LogP contribution in [0.1, 0.15) is 0 Å². The molecule has 0 amide bonds. The second kappa shape index (κ2) is 6.40. The van der Waals surface area contributed by atoms with Crippen LogP contribution in [0.4, 0.5) is 0 Å². The van der Waals surface area contributed by atoms with Crippen LogP contribution in [0.5, 0.6) is 0 Å². The number of nitrogens with one attached hydrogen (secondary N) is 1. The predicted molar refractivity (Wildman–Crippen MR) is 50.2 cm³/mol.